The summed E-state index contributed by atoms with van der Waals surface area (Å²) >= 11 is 0. The quantitative estimate of drug-likeness (QED) is 0.195. The van der Waals surface area contributed by atoms with Crippen LogP contribution in [-0.2, 0) is 37.5 Å². The maximum atomic E-state index is 14.1. The second-order valence-electron chi connectivity index (χ2n) is 11.6. The van der Waals surface area contributed by atoms with E-state index in [-0.39, 0.29) is 11.5 Å². The van der Waals surface area contributed by atoms with Gasteiger partial charge in [-0.1, -0.05) is 36.1 Å². The monoisotopic (exact) mass is 586 g/mol. The third-order valence-corrected chi connectivity index (χ3v) is 9.26. The Bertz CT molecular complexity index is 2050. The number of rotatable bonds is 9. The van der Waals surface area contributed by atoms with Gasteiger partial charge in [-0.2, -0.15) is 4.58 Å². The minimum absolute atomic E-state index is 0.157. The van der Waals surface area contributed by atoms with E-state index in [1.54, 1.807) is 0 Å². The van der Waals surface area contributed by atoms with E-state index >= 15 is 0 Å². The van der Waals surface area contributed by atoms with Gasteiger partial charge in [0.1, 0.15) is 37.9 Å². The lowest BCUT2D eigenvalue weighted by Crippen LogP contribution is -2.36. The normalized spacial score (nSPS) is 16.4. The van der Waals surface area contributed by atoms with Gasteiger partial charge in [-0.15, -0.1) is 0 Å². The maximum absolute atomic E-state index is 14.1. The molecule has 0 bridgehead atoms. The number of fused-ring (bicyclic) bond motifs is 2. The molecule has 7 rings (SSSR count). The Balaban J connectivity index is 1.28. The van der Waals surface area contributed by atoms with E-state index in [9.17, 15) is 9.90 Å². The smallest absolute Gasteiger partial charge is 0.243 e. The van der Waals surface area contributed by atoms with Crippen LogP contribution in [0.15, 0.2) is 97.3 Å². The molecule has 0 saturated carbocycles. The number of hydrogen-bond acceptors (Lipinski definition) is 2. The molecule has 0 unspecified atom stereocenters. The second kappa shape index (κ2) is 10.9. The van der Waals surface area contributed by atoms with Crippen molar-refractivity contribution in [2.24, 2.45) is 0 Å². The molecule has 1 aliphatic heterocycles. The summed E-state index contributed by atoms with van der Waals surface area (Å²) in [6, 6.07) is 16.2. The molecule has 8 nitrogen and oxygen atoms in total. The van der Waals surface area contributed by atoms with Crippen molar-refractivity contribution in [2.75, 3.05) is 6.54 Å². The summed E-state index contributed by atoms with van der Waals surface area (Å²) in [5.74, 6) is -0.313. The number of benzene rings is 2. The van der Waals surface area contributed by atoms with Crippen LogP contribution in [0.1, 0.15) is 37.6 Å². The topological polar surface area (TPSA) is 65.7 Å². The average Bonchev–Trinajstić information content (AvgIpc) is 3.82. The van der Waals surface area contributed by atoms with E-state index in [4.69, 9.17) is 0 Å². The summed E-state index contributed by atoms with van der Waals surface area (Å²) in [7, 11) is 0. The second-order valence-corrected chi connectivity index (χ2v) is 11.6. The summed E-state index contributed by atoms with van der Waals surface area (Å²) in [6.07, 6.45) is 12.5. The minimum atomic E-state index is -0.157. The van der Waals surface area contributed by atoms with E-state index < -0.39 is 0 Å². The van der Waals surface area contributed by atoms with Crippen molar-refractivity contribution < 1.29 is 23.6 Å². The molecular formula is C36H38N6O2+2. The fourth-order valence-corrected chi connectivity index (χ4v) is 6.86. The van der Waals surface area contributed by atoms with Crippen molar-refractivity contribution >= 4 is 39.2 Å². The zero-order valence-corrected chi connectivity index (χ0v) is 25.8. The third-order valence-electron chi connectivity index (χ3n) is 9.26. The lowest BCUT2D eigenvalue weighted by molar-refractivity contribution is -0.714. The Morgan fingerprint density at radius 3 is 2.11 bits per heavy atom. The molecule has 5 aromatic rings. The van der Waals surface area contributed by atoms with Crippen LogP contribution in [0.25, 0.3) is 22.0 Å². The lowest BCUT2D eigenvalue weighted by Gasteiger charge is -2.32. The van der Waals surface area contributed by atoms with Crippen LogP contribution in [0.3, 0.4) is 0 Å². The van der Waals surface area contributed by atoms with Gasteiger partial charge >= 0.3 is 0 Å². The fraction of sp³-hybridized carbons (Fsp3) is 0.278. The van der Waals surface area contributed by atoms with Crippen molar-refractivity contribution in [3.8, 4) is 0 Å². The van der Waals surface area contributed by atoms with Crippen LogP contribution >= 0.6 is 0 Å². The van der Waals surface area contributed by atoms with Crippen LogP contribution in [0.4, 0.5) is 5.69 Å². The van der Waals surface area contributed by atoms with Crippen LogP contribution in [0.2, 0.25) is 0 Å². The number of para-hydroxylation sites is 2. The molecule has 0 atom stereocenters. The highest BCUT2D eigenvalue weighted by atomic mass is 16.3. The Morgan fingerprint density at radius 1 is 0.773 bits per heavy atom. The molecule has 8 heteroatoms. The number of imidazole rings is 2. The van der Waals surface area contributed by atoms with Gasteiger partial charge in [0.05, 0.1) is 30.8 Å². The standard InChI is InChI=1S/C36H38N6O2/c1-5-37-15-17-39(23-37)19-21-41-25(3)31(27-11-7-9-13-29(27)41)33-35(43)34(36(33)44)32-26(4)42(30-14-10-8-12-28(30)32)22-20-40-18-16-38(6-2)24-40/h7-18,23-24H,5-6,19-22H2,1-4H3/q+2. The maximum Gasteiger partial charge on any atom is 0.243 e. The highest BCUT2D eigenvalue weighted by Gasteiger charge is 2.41. The lowest BCUT2D eigenvalue weighted by atomic mass is 9.78. The molecular weight excluding hydrogens is 548 g/mol. The number of allylic oxidation sites excluding steroid dienone is 3. The summed E-state index contributed by atoms with van der Waals surface area (Å²) in [4.78, 5) is 14.1. The number of carbonyl (C=O) groups is 1. The first-order valence-corrected chi connectivity index (χ1v) is 15.5. The Labute approximate surface area is 257 Å². The average molecular weight is 587 g/mol. The van der Waals surface area contributed by atoms with E-state index in [0.717, 1.165) is 84.0 Å². The molecule has 4 heterocycles. The molecule has 0 N–H and O–H groups in total. The van der Waals surface area contributed by atoms with Gasteiger partial charge < -0.3 is 9.67 Å². The van der Waals surface area contributed by atoms with Crippen LogP contribution in [0, 0.1) is 6.92 Å². The number of ketones is 1. The predicted octanol–water partition coefficient (Wildman–Crippen LogP) is 3.79. The van der Waals surface area contributed by atoms with E-state index in [2.05, 4.69) is 90.8 Å². The molecule has 2 aliphatic rings. The summed E-state index contributed by atoms with van der Waals surface area (Å²) in [5, 5.41) is 15.0. The number of nitrogens with zero attached hydrogens (tertiary/aromatic N) is 6. The van der Waals surface area contributed by atoms with Crippen LogP contribution < -0.4 is 14.2 Å². The minimum Gasteiger partial charge on any atom is -0.871 e. The molecule has 222 valence electrons. The predicted molar refractivity (Wildman–Crippen MR) is 168 cm³/mol. The van der Waals surface area contributed by atoms with Gasteiger partial charge in [0.2, 0.25) is 18.3 Å². The Morgan fingerprint density at radius 2 is 1.43 bits per heavy atom. The molecule has 0 saturated heterocycles. The first-order valence-electron chi connectivity index (χ1n) is 15.5. The summed E-state index contributed by atoms with van der Waals surface area (Å²) in [6.45, 7) is 13.2. The zero-order valence-electron chi connectivity index (χ0n) is 25.8. The number of hydrogen-bond donors (Lipinski definition) is 0. The van der Waals surface area contributed by atoms with Gasteiger partial charge in [-0.3, -0.25) is 4.79 Å². The van der Waals surface area contributed by atoms with Gasteiger partial charge in [0.25, 0.3) is 0 Å². The van der Waals surface area contributed by atoms with Gasteiger partial charge in [0, 0.05) is 46.3 Å². The molecule has 0 radical (unpaired) electrons. The molecule has 0 spiro atoms. The van der Waals surface area contributed by atoms with Gasteiger partial charge in [-0.05, 0) is 32.9 Å². The molecule has 0 amide bonds. The largest absolute Gasteiger partial charge is 0.871 e. The fourth-order valence-electron chi connectivity index (χ4n) is 6.86. The highest BCUT2D eigenvalue weighted by Crippen LogP contribution is 2.46. The summed E-state index contributed by atoms with van der Waals surface area (Å²) < 4.78 is 13.1. The van der Waals surface area contributed by atoms with Crippen molar-refractivity contribution in [3.63, 3.8) is 0 Å². The number of aromatic nitrogens is 5. The first-order chi connectivity index (χ1) is 21.4. The third kappa shape index (κ3) is 4.35. The van der Waals surface area contributed by atoms with E-state index in [1.807, 2.05) is 50.2 Å². The van der Waals surface area contributed by atoms with Gasteiger partial charge in [-0.25, -0.2) is 18.3 Å². The van der Waals surface area contributed by atoms with Crippen LogP contribution in [-0.4, -0.2) is 36.3 Å². The molecule has 1 aliphatic carbocycles. The van der Waals surface area contributed by atoms with Crippen molar-refractivity contribution in [1.29, 1.82) is 0 Å². The Kier molecular flexibility index (Phi) is 6.92. The number of carbonyl (C=O) groups excluding carboxylic acids is 1. The van der Waals surface area contributed by atoms with Crippen molar-refractivity contribution in [2.45, 2.75) is 60.4 Å². The zero-order chi connectivity index (χ0) is 30.5. The SMILES string of the molecule is CCn1cc[n+](CCn2c(C)c(C3=C([O-])/C(=C4/C(C)=[N+](CC[n+]5ccn(CC)c5)c5ccccc54)C3=O)c3ccccc32)c1. The van der Waals surface area contributed by atoms with Crippen molar-refractivity contribution in [1.82, 2.24) is 13.7 Å². The molecule has 44 heavy (non-hydrogen) atoms. The van der Waals surface area contributed by atoms with Gasteiger partial charge in [0.15, 0.2) is 18.0 Å². The summed E-state index contributed by atoms with van der Waals surface area (Å²) in [5.41, 5.74) is 7.10. The van der Waals surface area contributed by atoms with E-state index in [0.29, 0.717) is 11.1 Å². The van der Waals surface area contributed by atoms with Crippen LogP contribution in [0.5, 0.6) is 0 Å². The number of aryl methyl sites for hydroxylation is 4. The molecule has 3 aromatic heterocycles. The molecule has 0 fully saturated rings. The number of Topliss-reactive ketones (excluding diaryl/α,β-unsaturated/α-hetero) is 1. The van der Waals surface area contributed by atoms with Crippen molar-refractivity contribution in [3.05, 3.63) is 114 Å². The first kappa shape index (κ1) is 27.8. The van der Waals surface area contributed by atoms with E-state index in [1.165, 1.54) is 0 Å². The molecule has 2 aromatic carbocycles. The highest BCUT2D eigenvalue weighted by molar-refractivity contribution is 6.46. The Hall–Kier alpha value is -4.98.